The minimum atomic E-state index is 0.253. The van der Waals surface area contributed by atoms with Crippen molar-refractivity contribution < 1.29 is 0 Å². The molecular formula is C18H27N. The molecule has 0 bridgehead atoms. The zero-order chi connectivity index (χ0) is 13.1. The van der Waals surface area contributed by atoms with Crippen molar-refractivity contribution in [3.63, 3.8) is 0 Å². The molecule has 104 valence electrons. The highest BCUT2D eigenvalue weighted by molar-refractivity contribution is 5.29. The molecule has 2 aliphatic carbocycles. The second-order valence-electron chi connectivity index (χ2n) is 6.64. The lowest BCUT2D eigenvalue weighted by Crippen LogP contribution is -2.18. The van der Waals surface area contributed by atoms with Crippen LogP contribution in [0.3, 0.4) is 0 Å². The average molecular weight is 257 g/mol. The van der Waals surface area contributed by atoms with E-state index in [9.17, 15) is 0 Å². The second-order valence-corrected chi connectivity index (χ2v) is 6.64. The van der Waals surface area contributed by atoms with Crippen molar-refractivity contribution in [3.05, 3.63) is 35.4 Å². The predicted molar refractivity (Wildman–Crippen MR) is 81.2 cm³/mol. The van der Waals surface area contributed by atoms with Gasteiger partial charge < -0.3 is 5.73 Å². The Morgan fingerprint density at radius 3 is 2.47 bits per heavy atom. The Bertz CT molecular complexity index is 402. The SMILES string of the molecule is NC(CC1CCCCC1)c1cccc(C2CCC2)c1. The van der Waals surface area contributed by atoms with Gasteiger partial charge in [0, 0.05) is 6.04 Å². The molecule has 2 fully saturated rings. The summed E-state index contributed by atoms with van der Waals surface area (Å²) in [6.45, 7) is 0. The van der Waals surface area contributed by atoms with Gasteiger partial charge in [0.05, 0.1) is 0 Å². The van der Waals surface area contributed by atoms with Crippen molar-refractivity contribution in [1.82, 2.24) is 0 Å². The highest BCUT2D eigenvalue weighted by atomic mass is 14.6. The van der Waals surface area contributed by atoms with Crippen LogP contribution < -0.4 is 5.73 Å². The van der Waals surface area contributed by atoms with E-state index in [4.69, 9.17) is 5.73 Å². The molecule has 1 heteroatoms. The lowest BCUT2D eigenvalue weighted by Gasteiger charge is -2.28. The first-order valence-corrected chi connectivity index (χ1v) is 8.18. The third kappa shape index (κ3) is 3.20. The van der Waals surface area contributed by atoms with Gasteiger partial charge in [0.25, 0.3) is 0 Å². The normalized spacial score (nSPS) is 23.0. The lowest BCUT2D eigenvalue weighted by atomic mass is 9.78. The van der Waals surface area contributed by atoms with Crippen LogP contribution in [0.1, 0.15) is 80.9 Å². The third-order valence-corrected chi connectivity index (χ3v) is 5.23. The minimum absolute atomic E-state index is 0.253. The molecule has 2 N–H and O–H groups in total. The Labute approximate surface area is 117 Å². The van der Waals surface area contributed by atoms with Crippen LogP contribution >= 0.6 is 0 Å². The van der Waals surface area contributed by atoms with Gasteiger partial charge >= 0.3 is 0 Å². The van der Waals surface area contributed by atoms with Crippen molar-refractivity contribution in [2.45, 2.75) is 69.7 Å². The fraction of sp³-hybridized carbons (Fsp3) is 0.667. The molecule has 0 aliphatic heterocycles. The summed E-state index contributed by atoms with van der Waals surface area (Å²) in [4.78, 5) is 0. The van der Waals surface area contributed by atoms with Gasteiger partial charge in [-0.3, -0.25) is 0 Å². The maximum Gasteiger partial charge on any atom is 0.0297 e. The van der Waals surface area contributed by atoms with Crippen LogP contribution in [-0.4, -0.2) is 0 Å². The summed E-state index contributed by atoms with van der Waals surface area (Å²) in [5.41, 5.74) is 9.36. The summed E-state index contributed by atoms with van der Waals surface area (Å²) in [6.07, 6.45) is 12.4. The van der Waals surface area contributed by atoms with Crippen LogP contribution in [0.5, 0.6) is 0 Å². The fourth-order valence-electron chi connectivity index (χ4n) is 3.70. The first-order chi connectivity index (χ1) is 9.33. The molecule has 0 heterocycles. The van der Waals surface area contributed by atoms with E-state index in [-0.39, 0.29) is 6.04 Å². The second kappa shape index (κ2) is 6.09. The van der Waals surface area contributed by atoms with Crippen LogP contribution in [0.15, 0.2) is 24.3 Å². The van der Waals surface area contributed by atoms with Crippen molar-refractivity contribution in [2.24, 2.45) is 11.7 Å². The molecule has 1 aromatic carbocycles. The molecule has 3 rings (SSSR count). The fourth-order valence-corrected chi connectivity index (χ4v) is 3.70. The molecule has 0 radical (unpaired) electrons. The van der Waals surface area contributed by atoms with Gasteiger partial charge in [0.2, 0.25) is 0 Å². The van der Waals surface area contributed by atoms with E-state index in [2.05, 4.69) is 24.3 Å². The van der Waals surface area contributed by atoms with Crippen molar-refractivity contribution >= 4 is 0 Å². The van der Waals surface area contributed by atoms with E-state index in [0.717, 1.165) is 11.8 Å². The topological polar surface area (TPSA) is 26.0 Å². The molecule has 0 aromatic heterocycles. The summed E-state index contributed by atoms with van der Waals surface area (Å²) in [5, 5.41) is 0. The Balaban J connectivity index is 1.63. The molecule has 2 saturated carbocycles. The lowest BCUT2D eigenvalue weighted by molar-refractivity contribution is 0.319. The van der Waals surface area contributed by atoms with Crippen LogP contribution in [0.25, 0.3) is 0 Å². The van der Waals surface area contributed by atoms with Gasteiger partial charge in [-0.15, -0.1) is 0 Å². The van der Waals surface area contributed by atoms with Crippen LogP contribution in [0.2, 0.25) is 0 Å². The molecule has 1 unspecified atom stereocenters. The molecular weight excluding hydrogens is 230 g/mol. The number of benzene rings is 1. The molecule has 2 aliphatic rings. The van der Waals surface area contributed by atoms with Gasteiger partial charge in [-0.2, -0.15) is 0 Å². The maximum absolute atomic E-state index is 6.45. The van der Waals surface area contributed by atoms with Crippen molar-refractivity contribution in [2.75, 3.05) is 0 Å². The van der Waals surface area contributed by atoms with E-state index in [1.54, 1.807) is 0 Å². The smallest absolute Gasteiger partial charge is 0.0297 e. The minimum Gasteiger partial charge on any atom is -0.324 e. The maximum atomic E-state index is 6.45. The van der Waals surface area contributed by atoms with E-state index >= 15 is 0 Å². The Kier molecular flexibility index (Phi) is 4.22. The highest BCUT2D eigenvalue weighted by Gasteiger charge is 2.21. The largest absolute Gasteiger partial charge is 0.324 e. The summed E-state index contributed by atoms with van der Waals surface area (Å²) in [5.74, 6) is 1.69. The van der Waals surface area contributed by atoms with Crippen LogP contribution in [0.4, 0.5) is 0 Å². The van der Waals surface area contributed by atoms with E-state index in [1.807, 2.05) is 0 Å². The Morgan fingerprint density at radius 1 is 1.00 bits per heavy atom. The average Bonchev–Trinajstić information content (AvgIpc) is 2.38. The zero-order valence-electron chi connectivity index (χ0n) is 12.0. The standard InChI is InChI=1S/C18H27N/c19-18(12-14-6-2-1-3-7-14)17-11-5-10-16(13-17)15-8-4-9-15/h5,10-11,13-15,18H,1-4,6-9,12,19H2. The summed E-state index contributed by atoms with van der Waals surface area (Å²) < 4.78 is 0. The van der Waals surface area contributed by atoms with Gasteiger partial charge in [0.1, 0.15) is 0 Å². The van der Waals surface area contributed by atoms with E-state index in [0.29, 0.717) is 0 Å². The third-order valence-electron chi connectivity index (χ3n) is 5.23. The van der Waals surface area contributed by atoms with Gasteiger partial charge in [-0.25, -0.2) is 0 Å². The molecule has 1 atom stereocenters. The first kappa shape index (κ1) is 13.2. The summed E-state index contributed by atoms with van der Waals surface area (Å²) in [7, 11) is 0. The van der Waals surface area contributed by atoms with Crippen LogP contribution in [-0.2, 0) is 0 Å². The number of hydrogen-bond donors (Lipinski definition) is 1. The monoisotopic (exact) mass is 257 g/mol. The van der Waals surface area contributed by atoms with Crippen molar-refractivity contribution in [3.8, 4) is 0 Å². The quantitative estimate of drug-likeness (QED) is 0.813. The number of nitrogens with two attached hydrogens (primary N) is 1. The molecule has 1 aromatic rings. The molecule has 0 amide bonds. The van der Waals surface area contributed by atoms with Crippen molar-refractivity contribution in [1.29, 1.82) is 0 Å². The first-order valence-electron chi connectivity index (χ1n) is 8.18. The molecule has 1 nitrogen and oxygen atoms in total. The molecule has 0 saturated heterocycles. The van der Waals surface area contributed by atoms with Gasteiger partial charge in [0.15, 0.2) is 0 Å². The summed E-state index contributed by atoms with van der Waals surface area (Å²) in [6, 6.07) is 9.38. The Hall–Kier alpha value is -0.820. The Morgan fingerprint density at radius 2 is 1.79 bits per heavy atom. The molecule has 19 heavy (non-hydrogen) atoms. The number of rotatable bonds is 4. The van der Waals surface area contributed by atoms with E-state index < -0.39 is 0 Å². The van der Waals surface area contributed by atoms with E-state index in [1.165, 1.54) is 68.9 Å². The highest BCUT2D eigenvalue weighted by Crippen LogP contribution is 2.37. The zero-order valence-corrected chi connectivity index (χ0v) is 12.0. The molecule has 0 spiro atoms. The van der Waals surface area contributed by atoms with Crippen LogP contribution in [0, 0.1) is 5.92 Å². The number of hydrogen-bond acceptors (Lipinski definition) is 1. The summed E-state index contributed by atoms with van der Waals surface area (Å²) >= 11 is 0. The van der Waals surface area contributed by atoms with Gasteiger partial charge in [-0.05, 0) is 42.2 Å². The predicted octanol–water partition coefficient (Wildman–Crippen LogP) is 4.92. The van der Waals surface area contributed by atoms with Gasteiger partial charge in [-0.1, -0.05) is 62.8 Å².